The van der Waals surface area contributed by atoms with Crippen LogP contribution >= 0.6 is 0 Å². The van der Waals surface area contributed by atoms with E-state index in [0.29, 0.717) is 28.6 Å². The lowest BCUT2D eigenvalue weighted by Gasteiger charge is -2.16. The van der Waals surface area contributed by atoms with Gasteiger partial charge in [-0.1, -0.05) is 44.9 Å². The second-order valence-corrected chi connectivity index (χ2v) is 7.26. The molecule has 2 atom stereocenters. The van der Waals surface area contributed by atoms with Crippen molar-refractivity contribution in [3.05, 3.63) is 42.3 Å². The lowest BCUT2D eigenvalue weighted by Crippen LogP contribution is -2.26. The number of carbonyl (C=O) groups excluding carboxylic acids is 2. The van der Waals surface area contributed by atoms with Gasteiger partial charge in [0.2, 0.25) is 17.7 Å². The first-order valence-corrected chi connectivity index (χ1v) is 9.65. The standard InChI is InChI=1S/C21H26N4O3/c1-13-9-5-4-6-12-18(22-15(3)26)21-25-24-20(28-21)16-10-7-8-11-17(16)23-19(27)14(13)2/h7-8,10-11,13,18H,2,4-6,9,12H2,1,3H3,(H,22,26)(H,23,27). The van der Waals surface area contributed by atoms with Gasteiger partial charge in [-0.15, -0.1) is 10.2 Å². The van der Waals surface area contributed by atoms with E-state index < -0.39 is 0 Å². The molecule has 1 aliphatic rings. The smallest absolute Gasteiger partial charge is 0.251 e. The van der Waals surface area contributed by atoms with Crippen LogP contribution in [0, 0.1) is 5.92 Å². The molecule has 1 aromatic heterocycles. The average Bonchev–Trinajstić information content (AvgIpc) is 3.15. The Morgan fingerprint density at radius 1 is 1.21 bits per heavy atom. The third kappa shape index (κ3) is 4.65. The van der Waals surface area contributed by atoms with E-state index in [9.17, 15) is 9.59 Å². The summed E-state index contributed by atoms with van der Waals surface area (Å²) in [5.74, 6) is 0.428. The fourth-order valence-electron chi connectivity index (χ4n) is 3.34. The number of hydrogen-bond donors (Lipinski definition) is 2. The monoisotopic (exact) mass is 382 g/mol. The summed E-state index contributed by atoms with van der Waals surface area (Å²) < 4.78 is 5.87. The van der Waals surface area contributed by atoms with Gasteiger partial charge in [-0.2, -0.15) is 0 Å². The number of hydrogen-bond acceptors (Lipinski definition) is 5. The SMILES string of the molecule is C=C1C(=O)Nc2ccccc2-c2nnc(o2)C(NC(C)=O)CCCCCC1C. The van der Waals surface area contributed by atoms with Crippen molar-refractivity contribution in [2.24, 2.45) is 5.92 Å². The maximum atomic E-state index is 12.6. The van der Waals surface area contributed by atoms with Crippen LogP contribution in [-0.2, 0) is 9.59 Å². The van der Waals surface area contributed by atoms with E-state index in [1.807, 2.05) is 25.1 Å². The highest BCUT2D eigenvalue weighted by atomic mass is 16.4. The maximum Gasteiger partial charge on any atom is 0.251 e. The number of nitrogens with one attached hydrogen (secondary N) is 2. The summed E-state index contributed by atoms with van der Waals surface area (Å²) in [7, 11) is 0. The molecule has 2 N–H and O–H groups in total. The van der Waals surface area contributed by atoms with Crippen molar-refractivity contribution in [1.82, 2.24) is 15.5 Å². The lowest BCUT2D eigenvalue weighted by molar-refractivity contribution is -0.120. The van der Waals surface area contributed by atoms with E-state index in [2.05, 4.69) is 27.4 Å². The van der Waals surface area contributed by atoms with E-state index in [1.165, 1.54) is 6.92 Å². The average molecular weight is 382 g/mol. The first-order valence-electron chi connectivity index (χ1n) is 9.65. The molecule has 0 radical (unpaired) electrons. The molecule has 7 heteroatoms. The molecule has 2 bridgehead atoms. The minimum Gasteiger partial charge on any atom is -0.418 e. The summed E-state index contributed by atoms with van der Waals surface area (Å²) in [5, 5.41) is 14.1. The Hall–Kier alpha value is -2.96. The molecule has 0 saturated carbocycles. The van der Waals surface area contributed by atoms with Crippen LogP contribution in [-0.4, -0.2) is 22.0 Å². The molecule has 2 aromatic rings. The van der Waals surface area contributed by atoms with E-state index in [0.717, 1.165) is 32.1 Å². The van der Waals surface area contributed by atoms with Gasteiger partial charge in [0.05, 0.1) is 11.3 Å². The predicted molar refractivity (Wildman–Crippen MR) is 106 cm³/mol. The van der Waals surface area contributed by atoms with Gasteiger partial charge in [0.15, 0.2) is 0 Å². The van der Waals surface area contributed by atoms with Crippen LogP contribution in [0.4, 0.5) is 5.69 Å². The van der Waals surface area contributed by atoms with E-state index in [-0.39, 0.29) is 23.8 Å². The number of fused-ring (bicyclic) bond motifs is 4. The van der Waals surface area contributed by atoms with Gasteiger partial charge in [-0.05, 0) is 30.9 Å². The van der Waals surface area contributed by atoms with Crippen LogP contribution in [0.25, 0.3) is 11.5 Å². The Labute approximate surface area is 164 Å². The zero-order chi connectivity index (χ0) is 20.1. The van der Waals surface area contributed by atoms with Crippen molar-refractivity contribution in [3.63, 3.8) is 0 Å². The lowest BCUT2D eigenvalue weighted by atomic mass is 9.94. The van der Waals surface area contributed by atoms with E-state index >= 15 is 0 Å². The summed E-state index contributed by atoms with van der Waals surface area (Å²) in [6, 6.07) is 6.95. The third-order valence-corrected chi connectivity index (χ3v) is 5.04. The highest BCUT2D eigenvalue weighted by Gasteiger charge is 2.23. The van der Waals surface area contributed by atoms with Gasteiger partial charge in [0.25, 0.3) is 5.91 Å². The normalized spacial score (nSPS) is 21.1. The first-order chi connectivity index (χ1) is 13.5. The van der Waals surface area contributed by atoms with Gasteiger partial charge in [0, 0.05) is 12.5 Å². The largest absolute Gasteiger partial charge is 0.418 e. The van der Waals surface area contributed by atoms with Crippen molar-refractivity contribution < 1.29 is 14.0 Å². The molecule has 0 spiro atoms. The Balaban J connectivity index is 1.97. The minimum atomic E-state index is -0.321. The Morgan fingerprint density at radius 3 is 2.75 bits per heavy atom. The molecule has 0 fully saturated rings. The summed E-state index contributed by atoms with van der Waals surface area (Å²) in [6.45, 7) is 7.49. The molecule has 3 rings (SSSR count). The molecule has 7 nitrogen and oxygen atoms in total. The fraction of sp³-hybridized carbons (Fsp3) is 0.429. The zero-order valence-electron chi connectivity index (χ0n) is 16.3. The summed E-state index contributed by atoms with van der Waals surface area (Å²) in [5.41, 5.74) is 1.78. The highest BCUT2D eigenvalue weighted by molar-refractivity contribution is 6.05. The third-order valence-electron chi connectivity index (χ3n) is 5.04. The quantitative estimate of drug-likeness (QED) is 0.726. The van der Waals surface area contributed by atoms with Crippen LogP contribution < -0.4 is 10.6 Å². The van der Waals surface area contributed by atoms with Gasteiger partial charge >= 0.3 is 0 Å². The Morgan fingerprint density at radius 2 is 1.96 bits per heavy atom. The molecule has 0 saturated heterocycles. The number of carbonyl (C=O) groups is 2. The Kier molecular flexibility index (Phi) is 6.23. The molecule has 28 heavy (non-hydrogen) atoms. The van der Waals surface area contributed by atoms with Crippen LogP contribution in [0.1, 0.15) is 57.9 Å². The molecule has 1 aliphatic heterocycles. The van der Waals surface area contributed by atoms with E-state index in [4.69, 9.17) is 4.42 Å². The number of anilines is 1. The maximum absolute atomic E-state index is 12.6. The number of benzene rings is 1. The van der Waals surface area contributed by atoms with Gasteiger partial charge < -0.3 is 15.1 Å². The van der Waals surface area contributed by atoms with Crippen molar-refractivity contribution in [2.45, 2.75) is 52.0 Å². The van der Waals surface area contributed by atoms with Crippen molar-refractivity contribution >= 4 is 17.5 Å². The van der Waals surface area contributed by atoms with Crippen molar-refractivity contribution in [2.75, 3.05) is 5.32 Å². The van der Waals surface area contributed by atoms with Crippen LogP contribution in [0.5, 0.6) is 0 Å². The molecule has 148 valence electrons. The zero-order valence-corrected chi connectivity index (χ0v) is 16.3. The van der Waals surface area contributed by atoms with Gasteiger partial charge in [-0.25, -0.2) is 0 Å². The van der Waals surface area contributed by atoms with E-state index in [1.54, 1.807) is 6.07 Å². The number of para-hydroxylation sites is 1. The van der Waals surface area contributed by atoms with Crippen LogP contribution in [0.15, 0.2) is 40.8 Å². The molecule has 0 aliphatic carbocycles. The molecule has 1 aromatic carbocycles. The summed E-state index contributed by atoms with van der Waals surface area (Å²) in [4.78, 5) is 24.2. The van der Waals surface area contributed by atoms with Crippen LogP contribution in [0.3, 0.4) is 0 Å². The van der Waals surface area contributed by atoms with Gasteiger partial charge in [0.1, 0.15) is 6.04 Å². The summed E-state index contributed by atoms with van der Waals surface area (Å²) >= 11 is 0. The molecular formula is C21H26N4O3. The number of rotatable bonds is 1. The van der Waals surface area contributed by atoms with Crippen molar-refractivity contribution in [3.8, 4) is 11.5 Å². The predicted octanol–water partition coefficient (Wildman–Crippen LogP) is 4.01. The second-order valence-electron chi connectivity index (χ2n) is 7.26. The minimum absolute atomic E-state index is 0.0952. The molecule has 2 heterocycles. The number of aromatic nitrogens is 2. The van der Waals surface area contributed by atoms with Gasteiger partial charge in [-0.3, -0.25) is 9.59 Å². The Bertz CT molecular complexity index is 874. The first kappa shape index (κ1) is 19.8. The highest BCUT2D eigenvalue weighted by Crippen LogP contribution is 2.30. The molecular weight excluding hydrogens is 356 g/mol. The molecule has 2 amide bonds. The number of nitrogens with zero attached hydrogens (tertiary/aromatic N) is 2. The fourth-order valence-corrected chi connectivity index (χ4v) is 3.34. The van der Waals surface area contributed by atoms with Crippen LogP contribution in [0.2, 0.25) is 0 Å². The molecule has 2 unspecified atom stereocenters. The topological polar surface area (TPSA) is 97.1 Å². The summed E-state index contributed by atoms with van der Waals surface area (Å²) in [6.07, 6.45) is 4.48. The van der Waals surface area contributed by atoms with Crippen molar-refractivity contribution in [1.29, 1.82) is 0 Å². The second kappa shape index (κ2) is 8.82. The number of amides is 2.